The highest BCUT2D eigenvalue weighted by molar-refractivity contribution is 5.29. The summed E-state index contributed by atoms with van der Waals surface area (Å²) in [6.45, 7) is 0. The largest absolute Gasteiger partial charge is 0.494 e. The van der Waals surface area contributed by atoms with Gasteiger partial charge in [0.1, 0.15) is 0 Å². The second-order valence-corrected chi connectivity index (χ2v) is 4.43. The predicted molar refractivity (Wildman–Crippen MR) is 72.7 cm³/mol. The number of ether oxygens (including phenoxy) is 1. The van der Waals surface area contributed by atoms with E-state index >= 15 is 0 Å². The molecule has 0 saturated heterocycles. The molecular weight excluding hydrogens is 243 g/mol. The van der Waals surface area contributed by atoms with Gasteiger partial charge in [-0.15, -0.1) is 0 Å². The standard InChI is InChI=1S/C16H17FO2/c1-19-16-10-8-12(11-14(16)17)7-9-15(18)13-5-3-2-4-6-13/h2-6,8,10-11,15,18H,7,9H2,1H3. The van der Waals surface area contributed by atoms with Gasteiger partial charge < -0.3 is 9.84 Å². The molecule has 2 aromatic carbocycles. The Kier molecular flexibility index (Phi) is 4.53. The van der Waals surface area contributed by atoms with Crippen LogP contribution in [-0.2, 0) is 6.42 Å². The molecule has 0 aromatic heterocycles. The minimum atomic E-state index is -0.522. The number of hydrogen-bond acceptors (Lipinski definition) is 2. The van der Waals surface area contributed by atoms with E-state index in [1.54, 1.807) is 6.07 Å². The van der Waals surface area contributed by atoms with E-state index < -0.39 is 6.10 Å². The Bertz CT molecular complexity index is 526. The lowest BCUT2D eigenvalue weighted by Gasteiger charge is -2.11. The van der Waals surface area contributed by atoms with Crippen LogP contribution < -0.4 is 4.74 Å². The normalized spacial score (nSPS) is 12.2. The Balaban J connectivity index is 1.97. The third-order valence-corrected chi connectivity index (χ3v) is 3.11. The molecule has 0 saturated carbocycles. The van der Waals surface area contributed by atoms with Crippen LogP contribution in [0.3, 0.4) is 0 Å². The summed E-state index contributed by atoms with van der Waals surface area (Å²) in [5.41, 5.74) is 1.74. The molecule has 2 rings (SSSR count). The highest BCUT2D eigenvalue weighted by atomic mass is 19.1. The first-order valence-electron chi connectivity index (χ1n) is 6.26. The van der Waals surface area contributed by atoms with Crippen molar-refractivity contribution in [1.82, 2.24) is 0 Å². The lowest BCUT2D eigenvalue weighted by Crippen LogP contribution is -2.00. The number of aliphatic hydroxyl groups excluding tert-OH is 1. The fourth-order valence-corrected chi connectivity index (χ4v) is 2.01. The van der Waals surface area contributed by atoms with E-state index in [2.05, 4.69) is 0 Å². The fraction of sp³-hybridized carbons (Fsp3) is 0.250. The van der Waals surface area contributed by atoms with Crippen LogP contribution >= 0.6 is 0 Å². The first-order chi connectivity index (χ1) is 9.20. The van der Waals surface area contributed by atoms with Crippen LogP contribution in [0.2, 0.25) is 0 Å². The van der Waals surface area contributed by atoms with Crippen LogP contribution in [0.4, 0.5) is 4.39 Å². The zero-order chi connectivity index (χ0) is 13.7. The molecule has 0 heterocycles. The molecule has 0 fully saturated rings. The van der Waals surface area contributed by atoms with Gasteiger partial charge in [0, 0.05) is 0 Å². The highest BCUT2D eigenvalue weighted by Gasteiger charge is 2.08. The molecule has 1 unspecified atom stereocenters. The van der Waals surface area contributed by atoms with Crippen molar-refractivity contribution in [3.05, 3.63) is 65.5 Å². The molecule has 1 atom stereocenters. The van der Waals surface area contributed by atoms with Gasteiger partial charge in [-0.2, -0.15) is 0 Å². The monoisotopic (exact) mass is 260 g/mol. The lowest BCUT2D eigenvalue weighted by molar-refractivity contribution is 0.168. The molecule has 3 heteroatoms. The Morgan fingerprint density at radius 3 is 2.53 bits per heavy atom. The number of benzene rings is 2. The molecule has 100 valence electrons. The van der Waals surface area contributed by atoms with E-state index in [0.29, 0.717) is 12.8 Å². The topological polar surface area (TPSA) is 29.5 Å². The minimum absolute atomic E-state index is 0.243. The summed E-state index contributed by atoms with van der Waals surface area (Å²) >= 11 is 0. The van der Waals surface area contributed by atoms with E-state index in [-0.39, 0.29) is 11.6 Å². The molecule has 0 bridgehead atoms. The average molecular weight is 260 g/mol. The number of methoxy groups -OCH3 is 1. The maximum absolute atomic E-state index is 13.5. The van der Waals surface area contributed by atoms with Crippen molar-refractivity contribution in [3.63, 3.8) is 0 Å². The number of aryl methyl sites for hydroxylation is 1. The summed E-state index contributed by atoms with van der Waals surface area (Å²) in [4.78, 5) is 0. The van der Waals surface area contributed by atoms with Crippen molar-refractivity contribution < 1.29 is 14.2 Å². The third-order valence-electron chi connectivity index (χ3n) is 3.11. The Morgan fingerprint density at radius 1 is 1.16 bits per heavy atom. The first kappa shape index (κ1) is 13.6. The Labute approximate surface area is 112 Å². The second kappa shape index (κ2) is 6.34. The van der Waals surface area contributed by atoms with Gasteiger partial charge in [0.15, 0.2) is 11.6 Å². The highest BCUT2D eigenvalue weighted by Crippen LogP contribution is 2.22. The third kappa shape index (κ3) is 3.55. The second-order valence-electron chi connectivity index (χ2n) is 4.43. The molecule has 0 aliphatic carbocycles. The van der Waals surface area contributed by atoms with Gasteiger partial charge >= 0.3 is 0 Å². The number of aliphatic hydroxyl groups is 1. The van der Waals surface area contributed by atoms with Crippen LogP contribution in [0.25, 0.3) is 0 Å². The summed E-state index contributed by atoms with van der Waals surface area (Å²) in [6, 6.07) is 14.4. The van der Waals surface area contributed by atoms with Gasteiger partial charge in [-0.25, -0.2) is 4.39 Å². The maximum atomic E-state index is 13.5. The van der Waals surface area contributed by atoms with Crippen LogP contribution in [0, 0.1) is 5.82 Å². The first-order valence-corrected chi connectivity index (χ1v) is 6.26. The van der Waals surface area contributed by atoms with Crippen molar-refractivity contribution in [2.24, 2.45) is 0 Å². The molecule has 0 amide bonds. The van der Waals surface area contributed by atoms with Crippen molar-refractivity contribution in [2.45, 2.75) is 18.9 Å². The minimum Gasteiger partial charge on any atom is -0.494 e. The molecular formula is C16H17FO2. The van der Waals surface area contributed by atoms with E-state index in [0.717, 1.165) is 11.1 Å². The van der Waals surface area contributed by atoms with Gasteiger partial charge in [-0.1, -0.05) is 36.4 Å². The lowest BCUT2D eigenvalue weighted by atomic mass is 10.0. The SMILES string of the molecule is COc1ccc(CCC(O)c2ccccc2)cc1F. The maximum Gasteiger partial charge on any atom is 0.165 e. The Hall–Kier alpha value is -1.87. The predicted octanol–water partition coefficient (Wildman–Crippen LogP) is 3.50. The smallest absolute Gasteiger partial charge is 0.165 e. The zero-order valence-corrected chi connectivity index (χ0v) is 10.8. The van der Waals surface area contributed by atoms with Crippen LogP contribution in [-0.4, -0.2) is 12.2 Å². The number of halogens is 1. The average Bonchev–Trinajstić information content (AvgIpc) is 2.46. The molecule has 19 heavy (non-hydrogen) atoms. The number of rotatable bonds is 5. The summed E-state index contributed by atoms with van der Waals surface area (Å²) < 4.78 is 18.4. The van der Waals surface area contributed by atoms with E-state index in [9.17, 15) is 9.50 Å². The summed E-state index contributed by atoms with van der Waals surface area (Å²) in [5.74, 6) is -0.124. The molecule has 0 radical (unpaired) electrons. The molecule has 2 nitrogen and oxygen atoms in total. The van der Waals surface area contributed by atoms with Crippen molar-refractivity contribution in [3.8, 4) is 5.75 Å². The molecule has 0 spiro atoms. The zero-order valence-electron chi connectivity index (χ0n) is 10.8. The van der Waals surface area contributed by atoms with E-state index in [1.165, 1.54) is 13.2 Å². The van der Waals surface area contributed by atoms with E-state index in [1.807, 2.05) is 36.4 Å². The summed E-state index contributed by atoms with van der Waals surface area (Å²) in [5, 5.41) is 10.0. The number of hydrogen-bond donors (Lipinski definition) is 1. The molecule has 1 N–H and O–H groups in total. The van der Waals surface area contributed by atoms with Crippen LogP contribution in [0.1, 0.15) is 23.7 Å². The Morgan fingerprint density at radius 2 is 1.89 bits per heavy atom. The van der Waals surface area contributed by atoms with Crippen molar-refractivity contribution in [1.29, 1.82) is 0 Å². The molecule has 2 aromatic rings. The van der Waals surface area contributed by atoms with Gasteiger partial charge in [-0.05, 0) is 36.1 Å². The van der Waals surface area contributed by atoms with Gasteiger partial charge in [0.2, 0.25) is 0 Å². The summed E-state index contributed by atoms with van der Waals surface area (Å²) in [7, 11) is 1.44. The van der Waals surface area contributed by atoms with Gasteiger partial charge in [0.05, 0.1) is 13.2 Å². The fourth-order valence-electron chi connectivity index (χ4n) is 2.01. The summed E-state index contributed by atoms with van der Waals surface area (Å²) in [6.07, 6.45) is 0.665. The van der Waals surface area contributed by atoms with Crippen molar-refractivity contribution >= 4 is 0 Å². The van der Waals surface area contributed by atoms with Gasteiger partial charge in [0.25, 0.3) is 0 Å². The van der Waals surface area contributed by atoms with Gasteiger partial charge in [-0.3, -0.25) is 0 Å². The molecule has 0 aliphatic rings. The van der Waals surface area contributed by atoms with Crippen LogP contribution in [0.5, 0.6) is 5.75 Å². The van der Waals surface area contributed by atoms with Crippen LogP contribution in [0.15, 0.2) is 48.5 Å². The molecule has 0 aliphatic heterocycles. The van der Waals surface area contributed by atoms with Crippen molar-refractivity contribution in [2.75, 3.05) is 7.11 Å². The quantitative estimate of drug-likeness (QED) is 0.891. The van der Waals surface area contributed by atoms with E-state index in [4.69, 9.17) is 4.74 Å².